The Kier molecular flexibility index (Phi) is 4.04. The van der Waals surface area contributed by atoms with Crippen molar-refractivity contribution in [1.82, 2.24) is 5.16 Å². The Labute approximate surface area is 138 Å². The summed E-state index contributed by atoms with van der Waals surface area (Å²) in [6, 6.07) is 10.1. The second-order valence-electron chi connectivity index (χ2n) is 5.64. The van der Waals surface area contributed by atoms with Crippen molar-refractivity contribution < 1.29 is 19.2 Å². The van der Waals surface area contributed by atoms with E-state index >= 15 is 0 Å². The van der Waals surface area contributed by atoms with Crippen LogP contribution in [0.15, 0.2) is 40.9 Å². The van der Waals surface area contributed by atoms with E-state index in [-0.39, 0.29) is 23.6 Å². The second kappa shape index (κ2) is 6.16. The molecule has 3 aromatic rings. The van der Waals surface area contributed by atoms with Crippen molar-refractivity contribution in [1.29, 1.82) is 0 Å². The predicted molar refractivity (Wildman–Crippen MR) is 89.2 cm³/mol. The summed E-state index contributed by atoms with van der Waals surface area (Å²) in [7, 11) is 0. The summed E-state index contributed by atoms with van der Waals surface area (Å²) in [5.74, 6) is -1.44. The largest absolute Gasteiger partial charge is 0.478 e. The summed E-state index contributed by atoms with van der Waals surface area (Å²) in [5.41, 5.74) is 3.64. The SMILES string of the molecule is Cc1cc2onc(CC(=O)Nc3ccccc3C(=O)O)c2cc1C. The highest BCUT2D eigenvalue weighted by Crippen LogP contribution is 2.23. The predicted octanol–water partition coefficient (Wildman–Crippen LogP) is 3.32. The van der Waals surface area contributed by atoms with Crippen LogP contribution in [0.2, 0.25) is 0 Å². The number of aromatic nitrogens is 1. The molecule has 1 aromatic heterocycles. The zero-order chi connectivity index (χ0) is 17.3. The Bertz CT molecular complexity index is 943. The maximum absolute atomic E-state index is 12.3. The summed E-state index contributed by atoms with van der Waals surface area (Å²) >= 11 is 0. The number of para-hydroxylation sites is 1. The fourth-order valence-electron chi connectivity index (χ4n) is 2.50. The molecule has 0 fully saturated rings. The van der Waals surface area contributed by atoms with Gasteiger partial charge in [-0.05, 0) is 49.2 Å². The molecular formula is C18H16N2O4. The molecular weight excluding hydrogens is 308 g/mol. The van der Waals surface area contributed by atoms with E-state index < -0.39 is 5.97 Å². The Morgan fingerprint density at radius 1 is 1.17 bits per heavy atom. The summed E-state index contributed by atoms with van der Waals surface area (Å²) in [6.45, 7) is 3.96. The number of benzene rings is 2. The van der Waals surface area contributed by atoms with E-state index in [4.69, 9.17) is 9.63 Å². The maximum Gasteiger partial charge on any atom is 0.337 e. The number of rotatable bonds is 4. The smallest absolute Gasteiger partial charge is 0.337 e. The summed E-state index contributed by atoms with van der Waals surface area (Å²) < 4.78 is 5.27. The van der Waals surface area contributed by atoms with Crippen LogP contribution in [0.1, 0.15) is 27.2 Å². The molecule has 122 valence electrons. The highest BCUT2D eigenvalue weighted by atomic mass is 16.5. The Hall–Kier alpha value is -3.15. The monoisotopic (exact) mass is 324 g/mol. The molecule has 1 heterocycles. The van der Waals surface area contributed by atoms with E-state index in [1.165, 1.54) is 6.07 Å². The first-order valence-corrected chi connectivity index (χ1v) is 7.43. The van der Waals surface area contributed by atoms with Crippen LogP contribution in [0.25, 0.3) is 11.0 Å². The van der Waals surface area contributed by atoms with Crippen LogP contribution in [0.3, 0.4) is 0 Å². The van der Waals surface area contributed by atoms with Gasteiger partial charge >= 0.3 is 5.97 Å². The van der Waals surface area contributed by atoms with Gasteiger partial charge in [-0.15, -0.1) is 0 Å². The van der Waals surface area contributed by atoms with Crippen molar-refractivity contribution in [3.63, 3.8) is 0 Å². The van der Waals surface area contributed by atoms with Gasteiger partial charge < -0.3 is 14.9 Å². The third-order valence-electron chi connectivity index (χ3n) is 3.92. The van der Waals surface area contributed by atoms with E-state index in [0.717, 1.165) is 16.5 Å². The van der Waals surface area contributed by atoms with Crippen LogP contribution in [0.5, 0.6) is 0 Å². The molecule has 2 N–H and O–H groups in total. The van der Waals surface area contributed by atoms with Gasteiger partial charge in [-0.25, -0.2) is 4.79 Å². The molecule has 0 aliphatic heterocycles. The van der Waals surface area contributed by atoms with Crippen molar-refractivity contribution in [2.24, 2.45) is 0 Å². The van der Waals surface area contributed by atoms with E-state index in [1.54, 1.807) is 18.2 Å². The number of anilines is 1. The lowest BCUT2D eigenvalue weighted by Gasteiger charge is -2.07. The molecule has 6 nitrogen and oxygen atoms in total. The highest BCUT2D eigenvalue weighted by Gasteiger charge is 2.16. The molecule has 3 rings (SSSR count). The fraction of sp³-hybridized carbons (Fsp3) is 0.167. The van der Waals surface area contributed by atoms with Crippen molar-refractivity contribution in [3.8, 4) is 0 Å². The van der Waals surface area contributed by atoms with E-state index in [2.05, 4.69) is 10.5 Å². The lowest BCUT2D eigenvalue weighted by atomic mass is 10.1. The minimum Gasteiger partial charge on any atom is -0.478 e. The molecule has 0 aliphatic rings. The normalized spacial score (nSPS) is 10.8. The van der Waals surface area contributed by atoms with Gasteiger partial charge in [0.1, 0.15) is 5.69 Å². The van der Waals surface area contributed by atoms with Gasteiger partial charge in [-0.2, -0.15) is 0 Å². The molecule has 0 saturated carbocycles. The topological polar surface area (TPSA) is 92.4 Å². The zero-order valence-electron chi connectivity index (χ0n) is 13.3. The Morgan fingerprint density at radius 2 is 1.88 bits per heavy atom. The van der Waals surface area contributed by atoms with Gasteiger partial charge in [0.25, 0.3) is 0 Å². The van der Waals surface area contributed by atoms with Crippen LogP contribution in [0.4, 0.5) is 5.69 Å². The molecule has 1 amide bonds. The molecule has 2 aromatic carbocycles. The standard InChI is InChI=1S/C18H16N2O4/c1-10-7-13-15(20-24-16(13)8-11(10)2)9-17(21)19-14-6-4-3-5-12(14)18(22)23/h3-8H,9H2,1-2H3,(H,19,21)(H,22,23). The Morgan fingerprint density at radius 3 is 2.62 bits per heavy atom. The summed E-state index contributed by atoms with van der Waals surface area (Å²) in [4.78, 5) is 23.5. The van der Waals surface area contributed by atoms with Gasteiger partial charge in [0.2, 0.25) is 5.91 Å². The number of nitrogens with one attached hydrogen (secondary N) is 1. The fourth-order valence-corrected chi connectivity index (χ4v) is 2.50. The molecule has 0 aliphatic carbocycles. The van der Waals surface area contributed by atoms with Gasteiger partial charge in [-0.3, -0.25) is 4.79 Å². The quantitative estimate of drug-likeness (QED) is 0.768. The number of hydrogen-bond donors (Lipinski definition) is 2. The number of nitrogens with zero attached hydrogens (tertiary/aromatic N) is 1. The van der Waals surface area contributed by atoms with Crippen molar-refractivity contribution in [2.45, 2.75) is 20.3 Å². The average Bonchev–Trinajstić information content (AvgIpc) is 2.90. The van der Waals surface area contributed by atoms with Crippen molar-refractivity contribution in [2.75, 3.05) is 5.32 Å². The van der Waals surface area contributed by atoms with E-state index in [9.17, 15) is 9.59 Å². The van der Waals surface area contributed by atoms with Crippen LogP contribution in [-0.2, 0) is 11.2 Å². The number of fused-ring (bicyclic) bond motifs is 1. The number of aromatic carboxylic acids is 1. The Balaban J connectivity index is 1.84. The third-order valence-corrected chi connectivity index (χ3v) is 3.92. The molecule has 6 heteroatoms. The van der Waals surface area contributed by atoms with Crippen molar-refractivity contribution >= 4 is 28.5 Å². The average molecular weight is 324 g/mol. The summed E-state index contributed by atoms with van der Waals surface area (Å²) in [6.07, 6.45) is 0.00343. The first-order valence-electron chi connectivity index (χ1n) is 7.43. The minimum atomic E-state index is -1.09. The molecule has 0 saturated heterocycles. The van der Waals surface area contributed by atoms with Gasteiger partial charge in [0.15, 0.2) is 5.58 Å². The molecule has 0 spiro atoms. The van der Waals surface area contributed by atoms with Gasteiger partial charge in [0, 0.05) is 5.39 Å². The number of carboxylic acids is 1. The molecule has 0 atom stereocenters. The number of hydrogen-bond acceptors (Lipinski definition) is 4. The maximum atomic E-state index is 12.3. The first kappa shape index (κ1) is 15.7. The van der Waals surface area contributed by atoms with Crippen LogP contribution in [0, 0.1) is 13.8 Å². The third kappa shape index (κ3) is 2.99. The number of carbonyl (C=O) groups is 2. The second-order valence-corrected chi connectivity index (χ2v) is 5.64. The highest BCUT2D eigenvalue weighted by molar-refractivity contribution is 6.01. The number of aryl methyl sites for hydroxylation is 2. The lowest BCUT2D eigenvalue weighted by Crippen LogP contribution is -2.17. The summed E-state index contributed by atoms with van der Waals surface area (Å²) in [5, 5.41) is 16.5. The van der Waals surface area contributed by atoms with Gasteiger partial charge in [-0.1, -0.05) is 17.3 Å². The minimum absolute atomic E-state index is 0.00343. The number of amides is 1. The lowest BCUT2D eigenvalue weighted by molar-refractivity contribution is -0.115. The van der Waals surface area contributed by atoms with E-state index in [1.807, 2.05) is 26.0 Å². The van der Waals surface area contributed by atoms with Crippen molar-refractivity contribution in [3.05, 3.63) is 58.8 Å². The molecule has 0 bridgehead atoms. The molecule has 0 radical (unpaired) electrons. The van der Waals surface area contributed by atoms with Gasteiger partial charge in [0.05, 0.1) is 17.7 Å². The van der Waals surface area contributed by atoms with Crippen LogP contribution < -0.4 is 5.32 Å². The number of carbonyl (C=O) groups excluding carboxylic acids is 1. The number of carboxylic acid groups (broad SMARTS) is 1. The molecule has 0 unspecified atom stereocenters. The first-order chi connectivity index (χ1) is 11.5. The van der Waals surface area contributed by atoms with Crippen LogP contribution >= 0.6 is 0 Å². The van der Waals surface area contributed by atoms with E-state index in [0.29, 0.717) is 11.3 Å². The molecule has 24 heavy (non-hydrogen) atoms. The van der Waals surface area contributed by atoms with Crippen LogP contribution in [-0.4, -0.2) is 22.1 Å². The zero-order valence-corrected chi connectivity index (χ0v) is 13.3.